The number of amides is 1. The Morgan fingerprint density at radius 2 is 2.30 bits per heavy atom. The van der Waals surface area contributed by atoms with Gasteiger partial charge in [-0.15, -0.1) is 0 Å². The molecule has 0 saturated carbocycles. The van der Waals surface area contributed by atoms with E-state index in [9.17, 15) is 13.6 Å². The third kappa shape index (κ3) is 2.81. The van der Waals surface area contributed by atoms with E-state index in [1.54, 1.807) is 0 Å². The molecule has 1 aliphatic heterocycles. The van der Waals surface area contributed by atoms with Gasteiger partial charge in [0, 0.05) is 18.7 Å². The van der Waals surface area contributed by atoms with E-state index in [-0.39, 0.29) is 11.7 Å². The van der Waals surface area contributed by atoms with Gasteiger partial charge in [0.05, 0.1) is 6.10 Å². The molecule has 1 aliphatic rings. The molecule has 1 saturated heterocycles. The molecule has 1 aromatic rings. The summed E-state index contributed by atoms with van der Waals surface area (Å²) < 4.78 is 32.7. The van der Waals surface area contributed by atoms with Gasteiger partial charge >= 0.3 is 0 Å². The van der Waals surface area contributed by atoms with Crippen LogP contribution in [-0.4, -0.2) is 25.2 Å². The fraction of sp³-hybridized carbons (Fsp3) is 0.500. The molecular weight excluding hydrogens is 266 g/mol. The van der Waals surface area contributed by atoms with Gasteiger partial charge in [-0.1, -0.05) is 12.1 Å². The van der Waals surface area contributed by atoms with Gasteiger partial charge in [0.2, 0.25) is 5.91 Å². The summed E-state index contributed by atoms with van der Waals surface area (Å²) >= 11 is 0. The van der Waals surface area contributed by atoms with Gasteiger partial charge in [0.15, 0.2) is 11.6 Å². The standard InChI is InChI=1S/C14H18F2N2O2/c1-14(13(17)19,18-8-9-4-3-7-20-9)10-5-2-6-11(15)12(10)16/h2,5-6,9,18H,3-4,7-8H2,1H3,(H2,17,19). The summed E-state index contributed by atoms with van der Waals surface area (Å²) in [5, 5.41) is 2.92. The van der Waals surface area contributed by atoms with Crippen molar-refractivity contribution in [3.05, 3.63) is 35.4 Å². The third-order valence-electron chi connectivity index (χ3n) is 3.69. The monoisotopic (exact) mass is 284 g/mol. The second-order valence-corrected chi connectivity index (χ2v) is 5.11. The number of nitrogens with one attached hydrogen (secondary N) is 1. The molecule has 1 amide bonds. The van der Waals surface area contributed by atoms with Gasteiger partial charge < -0.3 is 10.5 Å². The Labute approximate surface area is 116 Å². The van der Waals surface area contributed by atoms with Gasteiger partial charge in [0.25, 0.3) is 0 Å². The van der Waals surface area contributed by atoms with Crippen molar-refractivity contribution >= 4 is 5.91 Å². The molecule has 2 atom stereocenters. The van der Waals surface area contributed by atoms with Crippen LogP contribution in [0.25, 0.3) is 0 Å². The van der Waals surface area contributed by atoms with Crippen LogP contribution in [0.1, 0.15) is 25.3 Å². The van der Waals surface area contributed by atoms with Gasteiger partial charge in [-0.2, -0.15) is 0 Å². The molecule has 1 aromatic carbocycles. The summed E-state index contributed by atoms with van der Waals surface area (Å²) in [6, 6.07) is 3.70. The summed E-state index contributed by atoms with van der Waals surface area (Å²) in [7, 11) is 0. The van der Waals surface area contributed by atoms with Crippen molar-refractivity contribution in [3.8, 4) is 0 Å². The van der Waals surface area contributed by atoms with Crippen molar-refractivity contribution in [2.24, 2.45) is 5.73 Å². The Hall–Kier alpha value is -1.53. The molecule has 4 nitrogen and oxygen atoms in total. The van der Waals surface area contributed by atoms with Crippen LogP contribution in [0.4, 0.5) is 8.78 Å². The van der Waals surface area contributed by atoms with Crippen molar-refractivity contribution < 1.29 is 18.3 Å². The van der Waals surface area contributed by atoms with Crippen LogP contribution in [0.15, 0.2) is 18.2 Å². The van der Waals surface area contributed by atoms with Crippen LogP contribution in [0, 0.1) is 11.6 Å². The number of rotatable bonds is 5. The first-order chi connectivity index (χ1) is 9.45. The zero-order chi connectivity index (χ0) is 14.8. The predicted molar refractivity (Wildman–Crippen MR) is 69.9 cm³/mol. The van der Waals surface area contributed by atoms with Crippen molar-refractivity contribution in [1.29, 1.82) is 0 Å². The highest BCUT2D eigenvalue weighted by atomic mass is 19.2. The fourth-order valence-corrected chi connectivity index (χ4v) is 2.33. The lowest BCUT2D eigenvalue weighted by Crippen LogP contribution is -2.53. The van der Waals surface area contributed by atoms with Gasteiger partial charge in [0.1, 0.15) is 5.54 Å². The second kappa shape index (κ2) is 5.85. The highest BCUT2D eigenvalue weighted by Crippen LogP contribution is 2.25. The van der Waals surface area contributed by atoms with Crippen LogP contribution in [0.5, 0.6) is 0 Å². The molecule has 1 fully saturated rings. The van der Waals surface area contributed by atoms with Crippen molar-refractivity contribution in [2.75, 3.05) is 13.2 Å². The van der Waals surface area contributed by atoms with E-state index in [2.05, 4.69) is 5.32 Å². The number of nitrogens with two attached hydrogens (primary N) is 1. The molecule has 110 valence electrons. The molecule has 0 radical (unpaired) electrons. The average Bonchev–Trinajstić information content (AvgIpc) is 2.92. The molecule has 1 heterocycles. The van der Waals surface area contributed by atoms with E-state index in [1.807, 2.05) is 0 Å². The Bertz CT molecular complexity index is 504. The largest absolute Gasteiger partial charge is 0.377 e. The van der Waals surface area contributed by atoms with E-state index in [4.69, 9.17) is 10.5 Å². The molecule has 2 rings (SSSR count). The fourth-order valence-electron chi connectivity index (χ4n) is 2.33. The molecular formula is C14H18F2N2O2. The topological polar surface area (TPSA) is 64.3 Å². The Morgan fingerprint density at radius 1 is 1.55 bits per heavy atom. The summed E-state index contributed by atoms with van der Waals surface area (Å²) in [6.07, 6.45) is 1.78. The first-order valence-electron chi connectivity index (χ1n) is 6.56. The highest BCUT2D eigenvalue weighted by Gasteiger charge is 2.37. The maximum Gasteiger partial charge on any atom is 0.242 e. The van der Waals surface area contributed by atoms with Crippen LogP contribution in [-0.2, 0) is 15.1 Å². The average molecular weight is 284 g/mol. The zero-order valence-corrected chi connectivity index (χ0v) is 11.3. The lowest BCUT2D eigenvalue weighted by Gasteiger charge is -2.29. The Morgan fingerprint density at radius 3 is 2.90 bits per heavy atom. The zero-order valence-electron chi connectivity index (χ0n) is 11.3. The van der Waals surface area contributed by atoms with E-state index in [0.29, 0.717) is 13.2 Å². The number of carbonyl (C=O) groups excluding carboxylic acids is 1. The first-order valence-corrected chi connectivity index (χ1v) is 6.56. The molecule has 0 bridgehead atoms. The lowest BCUT2D eigenvalue weighted by molar-refractivity contribution is -0.124. The van der Waals surface area contributed by atoms with Crippen molar-refractivity contribution in [1.82, 2.24) is 5.32 Å². The minimum Gasteiger partial charge on any atom is -0.377 e. The third-order valence-corrected chi connectivity index (χ3v) is 3.69. The summed E-state index contributed by atoms with van der Waals surface area (Å²) in [6.45, 7) is 2.48. The van der Waals surface area contributed by atoms with E-state index in [1.165, 1.54) is 19.1 Å². The minimum atomic E-state index is -1.47. The molecule has 0 aliphatic carbocycles. The van der Waals surface area contributed by atoms with Gasteiger partial charge in [-0.05, 0) is 25.8 Å². The lowest BCUT2D eigenvalue weighted by atomic mass is 9.90. The number of ether oxygens (including phenoxy) is 1. The van der Waals surface area contributed by atoms with Crippen LogP contribution < -0.4 is 11.1 Å². The number of carbonyl (C=O) groups is 1. The summed E-state index contributed by atoms with van der Waals surface area (Å²) in [4.78, 5) is 11.7. The smallest absolute Gasteiger partial charge is 0.242 e. The number of primary amides is 1. The predicted octanol–water partition coefficient (Wildman–Crippen LogP) is 1.43. The van der Waals surface area contributed by atoms with E-state index < -0.39 is 23.1 Å². The van der Waals surface area contributed by atoms with Crippen LogP contribution >= 0.6 is 0 Å². The highest BCUT2D eigenvalue weighted by molar-refractivity contribution is 5.85. The summed E-state index contributed by atoms with van der Waals surface area (Å²) in [5.41, 5.74) is 3.81. The van der Waals surface area contributed by atoms with E-state index in [0.717, 1.165) is 18.9 Å². The maximum atomic E-state index is 13.9. The van der Waals surface area contributed by atoms with Crippen molar-refractivity contribution in [2.45, 2.75) is 31.4 Å². The normalized spacial score (nSPS) is 21.6. The molecule has 0 aromatic heterocycles. The molecule has 3 N–H and O–H groups in total. The number of halogens is 2. The molecule has 6 heteroatoms. The van der Waals surface area contributed by atoms with Crippen molar-refractivity contribution in [3.63, 3.8) is 0 Å². The van der Waals surface area contributed by atoms with Crippen LogP contribution in [0.2, 0.25) is 0 Å². The number of benzene rings is 1. The van der Waals surface area contributed by atoms with Gasteiger partial charge in [-0.25, -0.2) is 8.78 Å². The first kappa shape index (κ1) is 14.9. The quantitative estimate of drug-likeness (QED) is 0.860. The molecule has 0 spiro atoms. The summed E-state index contributed by atoms with van der Waals surface area (Å²) in [5.74, 6) is -2.83. The van der Waals surface area contributed by atoms with E-state index >= 15 is 0 Å². The minimum absolute atomic E-state index is 0.0368. The molecule has 20 heavy (non-hydrogen) atoms. The Kier molecular flexibility index (Phi) is 4.35. The Balaban J connectivity index is 2.23. The molecule has 2 unspecified atom stereocenters. The SMILES string of the molecule is CC(NCC1CCCO1)(C(N)=O)c1cccc(F)c1F. The second-order valence-electron chi connectivity index (χ2n) is 5.11. The number of hydrogen-bond donors (Lipinski definition) is 2. The maximum absolute atomic E-state index is 13.9. The number of hydrogen-bond acceptors (Lipinski definition) is 3. The van der Waals surface area contributed by atoms with Gasteiger partial charge in [-0.3, -0.25) is 10.1 Å². The van der Waals surface area contributed by atoms with Crippen LogP contribution in [0.3, 0.4) is 0 Å².